The number of nitro groups is 1. The van der Waals surface area contributed by atoms with E-state index in [4.69, 9.17) is 14.2 Å². The predicted octanol–water partition coefficient (Wildman–Crippen LogP) is 2.71. The van der Waals surface area contributed by atoms with Crippen molar-refractivity contribution in [2.45, 2.75) is 39.2 Å². The zero-order valence-electron chi connectivity index (χ0n) is 16.5. The molecule has 3 atom stereocenters. The average Bonchev–Trinajstić information content (AvgIpc) is 2.68. The molecule has 1 aliphatic rings. The molecule has 0 heterocycles. The van der Waals surface area contributed by atoms with E-state index < -0.39 is 29.1 Å². The van der Waals surface area contributed by atoms with E-state index in [-0.39, 0.29) is 23.1 Å². The highest BCUT2D eigenvalue weighted by atomic mass is 16.6. The lowest BCUT2D eigenvalue weighted by Crippen LogP contribution is -2.45. The van der Waals surface area contributed by atoms with Crippen LogP contribution >= 0.6 is 0 Å². The summed E-state index contributed by atoms with van der Waals surface area (Å²) in [5.41, 5.74) is -0.798. The Balaban J connectivity index is 2.06. The number of amides is 1. The van der Waals surface area contributed by atoms with E-state index in [1.807, 2.05) is 0 Å². The van der Waals surface area contributed by atoms with Gasteiger partial charge in [0.1, 0.15) is 5.56 Å². The van der Waals surface area contributed by atoms with Gasteiger partial charge in [-0.3, -0.25) is 14.9 Å². The number of nitrogens with zero attached hydrogens (tertiary/aromatic N) is 1. The van der Waals surface area contributed by atoms with Gasteiger partial charge in [0.2, 0.25) is 0 Å². The van der Waals surface area contributed by atoms with Crippen molar-refractivity contribution >= 4 is 17.6 Å². The van der Waals surface area contributed by atoms with E-state index in [9.17, 15) is 19.7 Å². The van der Waals surface area contributed by atoms with Gasteiger partial charge in [-0.25, -0.2) is 4.79 Å². The van der Waals surface area contributed by atoms with Crippen LogP contribution in [0.4, 0.5) is 5.69 Å². The van der Waals surface area contributed by atoms with Gasteiger partial charge in [-0.05, 0) is 18.3 Å². The Morgan fingerprint density at radius 3 is 2.43 bits per heavy atom. The van der Waals surface area contributed by atoms with Crippen molar-refractivity contribution in [1.29, 1.82) is 0 Å². The number of carbonyl (C=O) groups excluding carboxylic acids is 2. The molecule has 1 N–H and O–H groups in total. The Morgan fingerprint density at radius 2 is 1.82 bits per heavy atom. The van der Waals surface area contributed by atoms with Gasteiger partial charge < -0.3 is 19.5 Å². The van der Waals surface area contributed by atoms with E-state index in [2.05, 4.69) is 19.2 Å². The van der Waals surface area contributed by atoms with Gasteiger partial charge in [0.05, 0.1) is 25.2 Å². The van der Waals surface area contributed by atoms with E-state index >= 15 is 0 Å². The van der Waals surface area contributed by atoms with Gasteiger partial charge >= 0.3 is 5.97 Å². The summed E-state index contributed by atoms with van der Waals surface area (Å²) in [6, 6.07) is 2.29. The highest BCUT2D eigenvalue weighted by Gasteiger charge is 2.29. The van der Waals surface area contributed by atoms with E-state index in [1.165, 1.54) is 20.3 Å². The minimum absolute atomic E-state index is 0.0327. The molecular formula is C19H26N2O7. The second-order valence-corrected chi connectivity index (χ2v) is 7.00. The summed E-state index contributed by atoms with van der Waals surface area (Å²) in [6.07, 6.45) is 3.05. The normalized spacial score (nSPS) is 21.5. The van der Waals surface area contributed by atoms with Crippen LogP contribution < -0.4 is 14.8 Å². The number of hydrogen-bond acceptors (Lipinski definition) is 7. The highest BCUT2D eigenvalue weighted by Crippen LogP contribution is 2.35. The molecular weight excluding hydrogens is 368 g/mol. The third-order valence-electron chi connectivity index (χ3n) is 5.31. The first-order valence-corrected chi connectivity index (χ1v) is 9.15. The Kier molecular flexibility index (Phi) is 7.19. The lowest BCUT2D eigenvalue weighted by Gasteiger charge is -2.34. The molecule has 9 heteroatoms. The molecule has 0 spiro atoms. The first kappa shape index (κ1) is 21.5. The molecule has 1 aromatic rings. The maximum atomic E-state index is 12.3. The number of nitrogens with one attached hydrogen (secondary N) is 1. The van der Waals surface area contributed by atoms with Crippen molar-refractivity contribution in [2.24, 2.45) is 11.8 Å². The third kappa shape index (κ3) is 4.90. The number of ether oxygens (including phenoxy) is 3. The van der Waals surface area contributed by atoms with Crippen LogP contribution in [0, 0.1) is 22.0 Å². The van der Waals surface area contributed by atoms with Gasteiger partial charge in [-0.15, -0.1) is 0 Å². The second-order valence-electron chi connectivity index (χ2n) is 7.00. The van der Waals surface area contributed by atoms with Crippen LogP contribution in [-0.4, -0.2) is 43.7 Å². The molecule has 0 unspecified atom stereocenters. The van der Waals surface area contributed by atoms with Crippen LogP contribution in [0.2, 0.25) is 0 Å². The molecule has 9 nitrogen and oxygen atoms in total. The fraction of sp³-hybridized carbons (Fsp3) is 0.579. The van der Waals surface area contributed by atoms with Gasteiger partial charge in [-0.1, -0.05) is 26.7 Å². The van der Waals surface area contributed by atoms with Gasteiger partial charge in [0, 0.05) is 12.1 Å². The van der Waals surface area contributed by atoms with E-state index in [0.717, 1.165) is 25.3 Å². The third-order valence-corrected chi connectivity index (χ3v) is 5.31. The van der Waals surface area contributed by atoms with Crippen LogP contribution in [0.25, 0.3) is 0 Å². The summed E-state index contributed by atoms with van der Waals surface area (Å²) < 4.78 is 15.1. The number of rotatable bonds is 7. The molecule has 0 bridgehead atoms. The lowest BCUT2D eigenvalue weighted by atomic mass is 9.78. The average molecular weight is 394 g/mol. The van der Waals surface area contributed by atoms with Crippen molar-refractivity contribution in [3.63, 3.8) is 0 Å². The molecule has 1 fully saturated rings. The fourth-order valence-electron chi connectivity index (χ4n) is 3.43. The molecule has 1 amide bonds. The topological polar surface area (TPSA) is 117 Å². The minimum Gasteiger partial charge on any atom is -0.493 e. The number of carbonyl (C=O) groups is 2. The zero-order valence-corrected chi connectivity index (χ0v) is 16.5. The lowest BCUT2D eigenvalue weighted by molar-refractivity contribution is -0.385. The largest absolute Gasteiger partial charge is 0.493 e. The van der Waals surface area contributed by atoms with Crippen LogP contribution in [0.5, 0.6) is 11.5 Å². The molecule has 0 aromatic heterocycles. The Bertz CT molecular complexity index is 750. The summed E-state index contributed by atoms with van der Waals surface area (Å²) in [6.45, 7) is 3.73. The smallest absolute Gasteiger partial charge is 0.345 e. The standard InChI is InChI=1S/C19H26N2O7/c1-11-6-5-7-14(12(11)2)20-18(22)10-28-19(23)13-8-16(26-3)17(27-4)9-15(13)21(24)25/h8-9,11-12,14H,5-7,10H2,1-4H3,(H,20,22)/t11-,12-,14-/m1/s1. The molecule has 0 saturated heterocycles. The number of nitro benzene ring substituents is 1. The SMILES string of the molecule is COc1cc(C(=O)OCC(=O)N[C@@H]2CCC[C@@H](C)[C@H]2C)c([N+](=O)[O-])cc1OC. The summed E-state index contributed by atoms with van der Waals surface area (Å²) in [5, 5.41) is 14.2. The number of benzene rings is 1. The van der Waals surface area contributed by atoms with Crippen LogP contribution in [0.3, 0.4) is 0 Å². The van der Waals surface area contributed by atoms with Crippen molar-refractivity contribution in [3.05, 3.63) is 27.8 Å². The summed E-state index contributed by atoms with van der Waals surface area (Å²) >= 11 is 0. The van der Waals surface area contributed by atoms with Crippen LogP contribution in [-0.2, 0) is 9.53 Å². The van der Waals surface area contributed by atoms with Crippen molar-refractivity contribution in [2.75, 3.05) is 20.8 Å². The first-order chi connectivity index (χ1) is 13.3. The maximum absolute atomic E-state index is 12.3. The molecule has 1 aliphatic carbocycles. The van der Waals surface area contributed by atoms with Crippen molar-refractivity contribution in [3.8, 4) is 11.5 Å². The second kappa shape index (κ2) is 9.38. The first-order valence-electron chi connectivity index (χ1n) is 9.15. The van der Waals surface area contributed by atoms with Crippen LogP contribution in [0.1, 0.15) is 43.5 Å². The molecule has 1 aromatic carbocycles. The molecule has 0 radical (unpaired) electrons. The maximum Gasteiger partial charge on any atom is 0.345 e. The minimum atomic E-state index is -0.979. The van der Waals surface area contributed by atoms with Crippen molar-refractivity contribution in [1.82, 2.24) is 5.32 Å². The fourth-order valence-corrected chi connectivity index (χ4v) is 3.43. The Labute approximate surface area is 163 Å². The Morgan fingerprint density at radius 1 is 1.18 bits per heavy atom. The molecule has 28 heavy (non-hydrogen) atoms. The van der Waals surface area contributed by atoms with E-state index in [1.54, 1.807) is 0 Å². The van der Waals surface area contributed by atoms with Gasteiger partial charge in [-0.2, -0.15) is 0 Å². The molecule has 2 rings (SSSR count). The monoisotopic (exact) mass is 394 g/mol. The van der Waals surface area contributed by atoms with Crippen LogP contribution in [0.15, 0.2) is 12.1 Å². The molecule has 154 valence electrons. The van der Waals surface area contributed by atoms with E-state index in [0.29, 0.717) is 11.8 Å². The number of esters is 1. The summed E-state index contributed by atoms with van der Waals surface area (Å²) in [7, 11) is 2.68. The highest BCUT2D eigenvalue weighted by molar-refractivity contribution is 5.96. The summed E-state index contributed by atoms with van der Waals surface area (Å²) in [5.74, 6) is -0.301. The molecule has 1 saturated carbocycles. The summed E-state index contributed by atoms with van der Waals surface area (Å²) in [4.78, 5) is 35.1. The van der Waals surface area contributed by atoms with Gasteiger partial charge in [0.25, 0.3) is 11.6 Å². The van der Waals surface area contributed by atoms with Gasteiger partial charge in [0.15, 0.2) is 18.1 Å². The quantitative estimate of drug-likeness (QED) is 0.429. The predicted molar refractivity (Wildman–Crippen MR) is 101 cm³/mol. The zero-order chi connectivity index (χ0) is 20.8. The number of methoxy groups -OCH3 is 2. The Hall–Kier alpha value is -2.84. The number of hydrogen-bond donors (Lipinski definition) is 1. The van der Waals surface area contributed by atoms with Crippen molar-refractivity contribution < 1.29 is 28.7 Å². The molecule has 0 aliphatic heterocycles.